The van der Waals surface area contributed by atoms with Gasteiger partial charge in [-0.3, -0.25) is 4.79 Å². The summed E-state index contributed by atoms with van der Waals surface area (Å²) < 4.78 is 31.5. The number of rotatable bonds is 10. The van der Waals surface area contributed by atoms with Gasteiger partial charge in [0.1, 0.15) is 31.0 Å². The van der Waals surface area contributed by atoms with Crippen molar-refractivity contribution in [3.05, 3.63) is 65.5 Å². The molecule has 2 heterocycles. The lowest BCUT2D eigenvalue weighted by Crippen LogP contribution is -2.60. The number of hydrogen-bond donors (Lipinski definition) is 4. The normalized spacial score (nSPS) is 29.4. The number of ether oxygens (including phenoxy) is 6. The monoisotopic (exact) mass is 564 g/mol. The number of benzene rings is 1. The van der Waals surface area contributed by atoms with Gasteiger partial charge in [0.25, 0.3) is 0 Å². The fraction of sp³-hybridized carbons (Fsp3) is 0.444. The Kier molecular flexibility index (Phi) is 11.4. The van der Waals surface area contributed by atoms with Gasteiger partial charge >= 0.3 is 17.9 Å². The Morgan fingerprint density at radius 3 is 2.38 bits per heavy atom. The zero-order valence-electron chi connectivity index (χ0n) is 21.8. The second kappa shape index (κ2) is 14.7. The summed E-state index contributed by atoms with van der Waals surface area (Å²) in [6.45, 7) is -1.03. The van der Waals surface area contributed by atoms with E-state index < -0.39 is 67.4 Å². The van der Waals surface area contributed by atoms with Crippen molar-refractivity contribution in [3.8, 4) is 0 Å². The van der Waals surface area contributed by atoms with Crippen LogP contribution in [-0.2, 0) is 42.8 Å². The van der Waals surface area contributed by atoms with Gasteiger partial charge in [-0.25, -0.2) is 9.59 Å². The van der Waals surface area contributed by atoms with Gasteiger partial charge in [0, 0.05) is 17.6 Å². The molecular formula is C27H32O13. The van der Waals surface area contributed by atoms with E-state index >= 15 is 0 Å². The van der Waals surface area contributed by atoms with Gasteiger partial charge in [0.15, 0.2) is 6.29 Å². The second-order valence-corrected chi connectivity index (χ2v) is 8.78. The fourth-order valence-corrected chi connectivity index (χ4v) is 4.07. The number of aliphatic hydroxyl groups is 4. The molecule has 0 aliphatic carbocycles. The van der Waals surface area contributed by atoms with Crippen molar-refractivity contribution < 1.29 is 63.2 Å². The van der Waals surface area contributed by atoms with Crippen LogP contribution in [0.25, 0.3) is 6.08 Å². The zero-order valence-corrected chi connectivity index (χ0v) is 21.8. The first kappa shape index (κ1) is 30.9. The molecule has 0 saturated carbocycles. The Morgan fingerprint density at radius 2 is 1.73 bits per heavy atom. The molecule has 13 heteroatoms. The van der Waals surface area contributed by atoms with Gasteiger partial charge in [-0.1, -0.05) is 30.3 Å². The van der Waals surface area contributed by atoms with Gasteiger partial charge in [-0.2, -0.15) is 0 Å². The van der Waals surface area contributed by atoms with E-state index in [9.17, 15) is 34.8 Å². The summed E-state index contributed by atoms with van der Waals surface area (Å²) in [5.74, 6) is -3.21. The quantitative estimate of drug-likeness (QED) is 0.124. The summed E-state index contributed by atoms with van der Waals surface area (Å²) in [5, 5.41) is 40.1. The number of aliphatic hydroxyl groups excluding tert-OH is 4. The van der Waals surface area contributed by atoms with Crippen LogP contribution in [0.4, 0.5) is 0 Å². The molecule has 7 atom stereocenters. The molecule has 40 heavy (non-hydrogen) atoms. The molecule has 0 spiro atoms. The molecule has 0 aromatic heterocycles. The topological polar surface area (TPSA) is 188 Å². The van der Waals surface area contributed by atoms with E-state index in [0.29, 0.717) is 0 Å². The van der Waals surface area contributed by atoms with Gasteiger partial charge in [-0.05, 0) is 17.7 Å². The smallest absolute Gasteiger partial charge is 0.337 e. The Balaban J connectivity index is 1.87. The van der Waals surface area contributed by atoms with Crippen LogP contribution in [0.2, 0.25) is 0 Å². The SMILES string of the molecule is COC(=O)C[C@@H]1C(C(=O)OC)=CO[C@@H](O[C@@H]2O[C@H](CO)[C@@H](O)[C@H](O)[C@H]2O)C1=CCOC(=O)C=Cc1ccccc1. The Labute approximate surface area is 229 Å². The lowest BCUT2D eigenvalue weighted by Gasteiger charge is -2.41. The third kappa shape index (κ3) is 7.75. The zero-order chi connectivity index (χ0) is 29.2. The van der Waals surface area contributed by atoms with Gasteiger partial charge < -0.3 is 48.8 Å². The molecule has 13 nitrogen and oxygen atoms in total. The van der Waals surface area contributed by atoms with E-state index in [-0.39, 0.29) is 24.2 Å². The minimum atomic E-state index is -1.76. The summed E-state index contributed by atoms with van der Waals surface area (Å²) in [6.07, 6.45) is -4.61. The third-order valence-electron chi connectivity index (χ3n) is 6.25. The first-order chi connectivity index (χ1) is 19.2. The van der Waals surface area contributed by atoms with Crippen molar-refractivity contribution >= 4 is 24.0 Å². The molecule has 3 rings (SSSR count). The summed E-state index contributed by atoms with van der Waals surface area (Å²) in [6, 6.07) is 9.04. The predicted molar refractivity (Wildman–Crippen MR) is 134 cm³/mol. The van der Waals surface area contributed by atoms with Crippen molar-refractivity contribution in [2.75, 3.05) is 27.4 Å². The Morgan fingerprint density at radius 1 is 1.00 bits per heavy atom. The van der Waals surface area contributed by atoms with Crippen LogP contribution in [-0.4, -0.2) is 103 Å². The first-order valence-corrected chi connectivity index (χ1v) is 12.3. The highest BCUT2D eigenvalue weighted by atomic mass is 16.8. The van der Waals surface area contributed by atoms with E-state index in [4.69, 9.17) is 28.4 Å². The molecule has 1 aromatic rings. The van der Waals surface area contributed by atoms with Crippen LogP contribution < -0.4 is 0 Å². The molecular weight excluding hydrogens is 532 g/mol. The van der Waals surface area contributed by atoms with Gasteiger partial charge in [0.05, 0.1) is 39.1 Å². The molecule has 2 aliphatic heterocycles. The highest BCUT2D eigenvalue weighted by molar-refractivity contribution is 5.91. The van der Waals surface area contributed by atoms with Crippen LogP contribution >= 0.6 is 0 Å². The molecule has 0 bridgehead atoms. The fourth-order valence-electron chi connectivity index (χ4n) is 4.07. The molecule has 1 saturated heterocycles. The number of carbonyl (C=O) groups excluding carboxylic acids is 3. The summed E-state index contributed by atoms with van der Waals surface area (Å²) in [7, 11) is 2.30. The average Bonchev–Trinajstić information content (AvgIpc) is 2.97. The average molecular weight is 565 g/mol. The van der Waals surface area contributed by atoms with E-state index in [1.807, 2.05) is 18.2 Å². The maximum absolute atomic E-state index is 12.5. The van der Waals surface area contributed by atoms with Crippen LogP contribution in [0.5, 0.6) is 0 Å². The number of carbonyl (C=O) groups is 3. The highest BCUT2D eigenvalue weighted by Gasteiger charge is 2.47. The molecule has 0 amide bonds. The number of esters is 3. The number of methoxy groups -OCH3 is 2. The molecule has 1 fully saturated rings. The van der Waals surface area contributed by atoms with Crippen molar-refractivity contribution in [2.24, 2.45) is 5.92 Å². The standard InChI is InChI=1S/C27H32O13/c1-35-21(30)12-17-16(10-11-37-20(29)9-8-15-6-4-3-5-7-15)26(38-14-18(17)25(34)36-2)40-27-24(33)23(32)22(31)19(13-28)39-27/h3-10,14,17,19,22-24,26-28,31-33H,11-13H2,1-2H3/t17-,19+,22+,23-,24+,26-,27-/m0/s1. The van der Waals surface area contributed by atoms with Crippen molar-refractivity contribution in [1.29, 1.82) is 0 Å². The van der Waals surface area contributed by atoms with Crippen molar-refractivity contribution in [2.45, 2.75) is 43.4 Å². The predicted octanol–water partition coefficient (Wildman–Crippen LogP) is -0.422. The maximum atomic E-state index is 12.5. The number of hydrogen-bond acceptors (Lipinski definition) is 13. The van der Waals surface area contributed by atoms with Crippen LogP contribution in [0.1, 0.15) is 12.0 Å². The van der Waals surface area contributed by atoms with Crippen molar-refractivity contribution in [1.82, 2.24) is 0 Å². The highest BCUT2D eigenvalue weighted by Crippen LogP contribution is 2.36. The maximum Gasteiger partial charge on any atom is 0.337 e. The van der Waals surface area contributed by atoms with E-state index in [1.54, 1.807) is 18.2 Å². The lowest BCUT2D eigenvalue weighted by atomic mass is 9.86. The molecule has 2 aliphatic rings. The Bertz CT molecular complexity index is 1110. The molecule has 0 radical (unpaired) electrons. The second-order valence-electron chi connectivity index (χ2n) is 8.78. The van der Waals surface area contributed by atoms with Gasteiger partial charge in [-0.15, -0.1) is 0 Å². The van der Waals surface area contributed by atoms with E-state index in [0.717, 1.165) is 26.0 Å². The minimum Gasteiger partial charge on any atom is -0.469 e. The van der Waals surface area contributed by atoms with Crippen LogP contribution in [0.15, 0.2) is 59.9 Å². The van der Waals surface area contributed by atoms with Crippen LogP contribution in [0, 0.1) is 5.92 Å². The molecule has 218 valence electrons. The molecule has 4 N–H and O–H groups in total. The molecule has 0 unspecified atom stereocenters. The molecule has 1 aromatic carbocycles. The van der Waals surface area contributed by atoms with Crippen molar-refractivity contribution in [3.63, 3.8) is 0 Å². The van der Waals surface area contributed by atoms with Gasteiger partial charge in [0.2, 0.25) is 6.29 Å². The lowest BCUT2D eigenvalue weighted by molar-refractivity contribution is -0.327. The third-order valence-corrected chi connectivity index (χ3v) is 6.25. The minimum absolute atomic E-state index is 0.0666. The summed E-state index contributed by atoms with van der Waals surface area (Å²) >= 11 is 0. The Hall–Kier alpha value is -3.59. The summed E-state index contributed by atoms with van der Waals surface area (Å²) in [5.41, 5.74) is 0.825. The first-order valence-electron chi connectivity index (χ1n) is 12.3. The van der Waals surface area contributed by atoms with E-state index in [2.05, 4.69) is 0 Å². The summed E-state index contributed by atoms with van der Waals surface area (Å²) in [4.78, 5) is 37.0. The van der Waals surface area contributed by atoms with E-state index in [1.165, 1.54) is 12.2 Å². The largest absolute Gasteiger partial charge is 0.469 e. The van der Waals surface area contributed by atoms with Crippen LogP contribution in [0.3, 0.4) is 0 Å².